The second-order valence-corrected chi connectivity index (χ2v) is 6.50. The zero-order valence-corrected chi connectivity index (χ0v) is 11.6. The first kappa shape index (κ1) is 13.4. The van der Waals surface area contributed by atoms with E-state index in [1.165, 1.54) is 51.6 Å². The van der Waals surface area contributed by atoms with E-state index in [4.69, 9.17) is 0 Å². The molecule has 2 fully saturated rings. The van der Waals surface area contributed by atoms with Crippen molar-refractivity contribution >= 4 is 0 Å². The number of rotatable bonds is 7. The lowest BCUT2D eigenvalue weighted by atomic mass is 10.0. The van der Waals surface area contributed by atoms with Gasteiger partial charge in [-0.05, 0) is 63.5 Å². The van der Waals surface area contributed by atoms with E-state index in [1.54, 1.807) is 0 Å². The average molecular weight is 239 g/mol. The van der Waals surface area contributed by atoms with Crippen LogP contribution in [0.25, 0.3) is 0 Å². The monoisotopic (exact) mass is 239 g/mol. The van der Waals surface area contributed by atoms with Crippen LogP contribution >= 0.6 is 0 Å². The summed E-state index contributed by atoms with van der Waals surface area (Å²) in [4.78, 5) is 2.69. The van der Waals surface area contributed by atoms with Crippen LogP contribution in [0.4, 0.5) is 0 Å². The Morgan fingerprint density at radius 2 is 1.88 bits per heavy atom. The van der Waals surface area contributed by atoms with Gasteiger partial charge in [0.05, 0.1) is 6.10 Å². The maximum Gasteiger partial charge on any atom is 0.0568 e. The van der Waals surface area contributed by atoms with Crippen LogP contribution in [0, 0.1) is 11.8 Å². The molecule has 0 aromatic rings. The predicted octanol–water partition coefficient (Wildman–Crippen LogP) is 3.05. The van der Waals surface area contributed by atoms with Crippen molar-refractivity contribution in [3.63, 3.8) is 0 Å². The number of aliphatic hydroxyl groups excluding tert-OH is 1. The Kier molecular flexibility index (Phi) is 4.87. The van der Waals surface area contributed by atoms with E-state index in [-0.39, 0.29) is 6.10 Å². The van der Waals surface area contributed by atoms with Crippen molar-refractivity contribution in [2.75, 3.05) is 13.1 Å². The molecule has 0 bridgehead atoms. The molecule has 0 amide bonds. The molecule has 0 aromatic carbocycles. The van der Waals surface area contributed by atoms with Crippen LogP contribution in [-0.2, 0) is 0 Å². The summed E-state index contributed by atoms with van der Waals surface area (Å²) in [6, 6.07) is 0.882. The van der Waals surface area contributed by atoms with Gasteiger partial charge in [0.15, 0.2) is 0 Å². The van der Waals surface area contributed by atoms with Crippen molar-refractivity contribution in [3.05, 3.63) is 0 Å². The molecule has 0 saturated heterocycles. The first-order chi connectivity index (χ1) is 8.16. The first-order valence-corrected chi connectivity index (χ1v) is 7.59. The zero-order valence-electron chi connectivity index (χ0n) is 11.6. The van der Waals surface area contributed by atoms with Gasteiger partial charge in [0.1, 0.15) is 0 Å². The van der Waals surface area contributed by atoms with Crippen molar-refractivity contribution < 1.29 is 5.11 Å². The molecule has 0 radical (unpaired) electrons. The summed E-state index contributed by atoms with van der Waals surface area (Å²) in [5.41, 5.74) is 0. The van der Waals surface area contributed by atoms with Crippen LogP contribution in [0.3, 0.4) is 0 Å². The molecule has 17 heavy (non-hydrogen) atoms. The summed E-state index contributed by atoms with van der Waals surface area (Å²) in [5.74, 6) is 1.41. The normalized spacial score (nSPS) is 29.5. The highest BCUT2D eigenvalue weighted by Crippen LogP contribution is 2.31. The molecule has 2 saturated carbocycles. The quantitative estimate of drug-likeness (QED) is 0.738. The predicted molar refractivity (Wildman–Crippen MR) is 72.0 cm³/mol. The maximum absolute atomic E-state index is 9.86. The molecule has 2 atom stereocenters. The van der Waals surface area contributed by atoms with Gasteiger partial charge in [-0.3, -0.25) is 0 Å². The molecule has 100 valence electrons. The SMILES string of the molecule is CC(C)CCN(CCC1CCCC1O)C1CC1. The van der Waals surface area contributed by atoms with Crippen LogP contribution in [0.15, 0.2) is 0 Å². The van der Waals surface area contributed by atoms with E-state index in [2.05, 4.69) is 18.7 Å². The summed E-state index contributed by atoms with van der Waals surface area (Å²) in [6.07, 6.45) is 8.89. The lowest BCUT2D eigenvalue weighted by molar-refractivity contribution is 0.116. The first-order valence-electron chi connectivity index (χ1n) is 7.59. The van der Waals surface area contributed by atoms with Gasteiger partial charge in [0, 0.05) is 6.04 Å². The zero-order chi connectivity index (χ0) is 12.3. The van der Waals surface area contributed by atoms with E-state index < -0.39 is 0 Å². The summed E-state index contributed by atoms with van der Waals surface area (Å²) in [6.45, 7) is 7.11. The molecule has 2 heteroatoms. The van der Waals surface area contributed by atoms with Crippen LogP contribution in [0.1, 0.15) is 58.8 Å². The Bertz CT molecular complexity index is 225. The second-order valence-electron chi connectivity index (χ2n) is 6.50. The van der Waals surface area contributed by atoms with Gasteiger partial charge >= 0.3 is 0 Å². The minimum Gasteiger partial charge on any atom is -0.393 e. The van der Waals surface area contributed by atoms with Gasteiger partial charge in [0.25, 0.3) is 0 Å². The molecule has 0 aromatic heterocycles. The third-order valence-corrected chi connectivity index (χ3v) is 4.46. The van der Waals surface area contributed by atoms with Gasteiger partial charge in [-0.2, -0.15) is 0 Å². The van der Waals surface area contributed by atoms with E-state index >= 15 is 0 Å². The summed E-state index contributed by atoms with van der Waals surface area (Å²) >= 11 is 0. The van der Waals surface area contributed by atoms with Crippen LogP contribution in [0.2, 0.25) is 0 Å². The standard InChI is InChI=1S/C15H29NO/c1-12(2)8-10-16(14-6-7-14)11-9-13-4-3-5-15(13)17/h12-15,17H,3-11H2,1-2H3. The number of hydrogen-bond donors (Lipinski definition) is 1. The van der Waals surface area contributed by atoms with E-state index in [9.17, 15) is 5.11 Å². The van der Waals surface area contributed by atoms with E-state index in [0.717, 1.165) is 18.4 Å². The molecule has 2 nitrogen and oxygen atoms in total. The molecule has 2 unspecified atom stereocenters. The van der Waals surface area contributed by atoms with Crippen molar-refractivity contribution in [3.8, 4) is 0 Å². The molecular formula is C15H29NO. The van der Waals surface area contributed by atoms with Gasteiger partial charge in [-0.15, -0.1) is 0 Å². The van der Waals surface area contributed by atoms with E-state index in [1.807, 2.05) is 0 Å². The van der Waals surface area contributed by atoms with Gasteiger partial charge in [-0.1, -0.05) is 20.3 Å². The minimum atomic E-state index is 0.00107. The average Bonchev–Trinajstić information content (AvgIpc) is 3.03. The Labute approximate surface area is 106 Å². The molecule has 0 spiro atoms. The second kappa shape index (κ2) is 6.19. The molecule has 2 rings (SSSR count). The molecule has 0 heterocycles. The third-order valence-electron chi connectivity index (χ3n) is 4.46. The van der Waals surface area contributed by atoms with Crippen LogP contribution in [-0.4, -0.2) is 35.2 Å². The van der Waals surface area contributed by atoms with Crippen molar-refractivity contribution in [2.24, 2.45) is 11.8 Å². The molecule has 1 N–H and O–H groups in total. The lowest BCUT2D eigenvalue weighted by Gasteiger charge is -2.25. The largest absolute Gasteiger partial charge is 0.393 e. The van der Waals surface area contributed by atoms with Crippen molar-refractivity contribution in [2.45, 2.75) is 70.9 Å². The fraction of sp³-hybridized carbons (Fsp3) is 1.00. The maximum atomic E-state index is 9.86. The molecule has 2 aliphatic carbocycles. The fourth-order valence-electron chi connectivity index (χ4n) is 3.03. The third kappa shape index (κ3) is 4.26. The van der Waals surface area contributed by atoms with Gasteiger partial charge in [-0.25, -0.2) is 0 Å². The van der Waals surface area contributed by atoms with E-state index in [0.29, 0.717) is 5.92 Å². The fourth-order valence-corrected chi connectivity index (χ4v) is 3.03. The molecule has 2 aliphatic rings. The van der Waals surface area contributed by atoms with Crippen LogP contribution in [0.5, 0.6) is 0 Å². The smallest absolute Gasteiger partial charge is 0.0568 e. The van der Waals surface area contributed by atoms with Crippen molar-refractivity contribution in [1.82, 2.24) is 4.90 Å². The number of aliphatic hydroxyl groups is 1. The Morgan fingerprint density at radius 3 is 2.41 bits per heavy atom. The highest BCUT2D eigenvalue weighted by atomic mass is 16.3. The van der Waals surface area contributed by atoms with Gasteiger partial charge in [0.2, 0.25) is 0 Å². The Morgan fingerprint density at radius 1 is 1.12 bits per heavy atom. The highest BCUT2D eigenvalue weighted by Gasteiger charge is 2.31. The summed E-state index contributed by atoms with van der Waals surface area (Å²) in [5, 5.41) is 9.86. The summed E-state index contributed by atoms with van der Waals surface area (Å²) < 4.78 is 0. The molecule has 0 aliphatic heterocycles. The van der Waals surface area contributed by atoms with Crippen molar-refractivity contribution in [1.29, 1.82) is 0 Å². The lowest BCUT2D eigenvalue weighted by Crippen LogP contribution is -2.31. The van der Waals surface area contributed by atoms with Gasteiger partial charge < -0.3 is 10.0 Å². The highest BCUT2D eigenvalue weighted by molar-refractivity contribution is 4.86. The molecular weight excluding hydrogens is 210 g/mol. The Balaban J connectivity index is 1.69. The van der Waals surface area contributed by atoms with Crippen LogP contribution < -0.4 is 0 Å². The summed E-state index contributed by atoms with van der Waals surface area (Å²) in [7, 11) is 0. The number of nitrogens with zero attached hydrogens (tertiary/aromatic N) is 1. The Hall–Kier alpha value is -0.0800. The number of hydrogen-bond acceptors (Lipinski definition) is 2. The topological polar surface area (TPSA) is 23.5 Å². The minimum absolute atomic E-state index is 0.00107.